The van der Waals surface area contributed by atoms with Gasteiger partial charge in [0.05, 0.1) is 37.8 Å². The number of carbonyl (C=O) groups excluding carboxylic acids is 1. The van der Waals surface area contributed by atoms with Crippen LogP contribution in [0.3, 0.4) is 0 Å². The minimum atomic E-state index is -0.417. The summed E-state index contributed by atoms with van der Waals surface area (Å²) in [5, 5.41) is 10.5. The lowest BCUT2D eigenvalue weighted by molar-refractivity contribution is -0.118. The van der Waals surface area contributed by atoms with E-state index in [0.29, 0.717) is 57.6 Å². The summed E-state index contributed by atoms with van der Waals surface area (Å²) in [5.74, 6) is 1.44. The number of aromatic nitrogens is 1. The lowest BCUT2D eigenvalue weighted by Gasteiger charge is -2.23. The number of anilines is 1. The molecule has 208 valence electrons. The molecule has 0 saturated heterocycles. The van der Waals surface area contributed by atoms with Gasteiger partial charge in [-0.25, -0.2) is 4.98 Å². The van der Waals surface area contributed by atoms with Crippen molar-refractivity contribution in [2.45, 2.75) is 30.0 Å². The summed E-state index contributed by atoms with van der Waals surface area (Å²) in [7, 11) is 4.67. The lowest BCUT2D eigenvalue weighted by Crippen LogP contribution is -2.36. The van der Waals surface area contributed by atoms with Gasteiger partial charge < -0.3 is 19.1 Å². The lowest BCUT2D eigenvalue weighted by atomic mass is 9.98. The molecule has 3 aromatic carbocycles. The first-order valence-corrected chi connectivity index (χ1v) is 14.3. The average molecular weight is 566 g/mol. The predicted octanol–water partition coefficient (Wildman–Crippen LogP) is 6.77. The number of para-hydroxylation sites is 1. The molecule has 7 nitrogen and oxygen atoms in total. The SMILES string of the molecule is CCC(Sc1nc(-c2ccccc2)cc(-c2cc(OC)c(OC)c(OC)c2)c1C#N)C(=O)N1CCc2ccccc21. The number of nitrogens with zero attached hydrogens (tertiary/aromatic N) is 3. The minimum absolute atomic E-state index is 0.0209. The molecule has 1 aliphatic heterocycles. The number of carbonyl (C=O) groups is 1. The number of nitriles is 1. The van der Waals surface area contributed by atoms with E-state index in [-0.39, 0.29) is 5.91 Å². The van der Waals surface area contributed by atoms with Gasteiger partial charge in [0, 0.05) is 23.4 Å². The maximum atomic E-state index is 13.8. The van der Waals surface area contributed by atoms with Crippen LogP contribution < -0.4 is 19.1 Å². The second-order valence-electron chi connectivity index (χ2n) is 9.51. The van der Waals surface area contributed by atoms with Crippen LogP contribution in [-0.2, 0) is 11.2 Å². The molecule has 2 heterocycles. The fourth-order valence-electron chi connectivity index (χ4n) is 5.12. The third kappa shape index (κ3) is 5.46. The highest BCUT2D eigenvalue weighted by atomic mass is 32.2. The van der Waals surface area contributed by atoms with Gasteiger partial charge >= 0.3 is 0 Å². The van der Waals surface area contributed by atoms with Gasteiger partial charge in [0.2, 0.25) is 11.7 Å². The number of pyridine rings is 1. The highest BCUT2D eigenvalue weighted by Gasteiger charge is 2.31. The number of ether oxygens (including phenoxy) is 3. The van der Waals surface area contributed by atoms with Crippen LogP contribution in [0, 0.1) is 11.3 Å². The van der Waals surface area contributed by atoms with Gasteiger partial charge in [0.1, 0.15) is 11.1 Å². The molecule has 0 radical (unpaired) electrons. The number of hydrogen-bond donors (Lipinski definition) is 0. The molecule has 41 heavy (non-hydrogen) atoms. The van der Waals surface area contributed by atoms with Crippen LogP contribution >= 0.6 is 11.8 Å². The van der Waals surface area contributed by atoms with Crippen LogP contribution in [0.1, 0.15) is 24.5 Å². The first-order chi connectivity index (χ1) is 20.0. The molecule has 0 bridgehead atoms. The second-order valence-corrected chi connectivity index (χ2v) is 10.7. The summed E-state index contributed by atoms with van der Waals surface area (Å²) >= 11 is 1.34. The van der Waals surface area contributed by atoms with Crippen LogP contribution in [0.2, 0.25) is 0 Å². The van der Waals surface area contributed by atoms with Gasteiger partial charge in [-0.2, -0.15) is 5.26 Å². The Morgan fingerprint density at radius 3 is 2.29 bits per heavy atom. The quantitative estimate of drug-likeness (QED) is 0.207. The molecule has 8 heteroatoms. The van der Waals surface area contributed by atoms with Crippen LogP contribution in [0.5, 0.6) is 17.2 Å². The van der Waals surface area contributed by atoms with E-state index < -0.39 is 5.25 Å². The molecule has 0 aliphatic carbocycles. The molecule has 1 atom stereocenters. The Hall–Kier alpha value is -4.48. The van der Waals surface area contributed by atoms with Crippen molar-refractivity contribution in [3.05, 3.63) is 83.9 Å². The zero-order chi connectivity index (χ0) is 28.9. The van der Waals surface area contributed by atoms with Crippen molar-refractivity contribution in [2.75, 3.05) is 32.8 Å². The maximum absolute atomic E-state index is 13.8. The smallest absolute Gasteiger partial charge is 0.240 e. The van der Waals surface area contributed by atoms with Gasteiger partial charge in [-0.3, -0.25) is 4.79 Å². The monoisotopic (exact) mass is 565 g/mol. The van der Waals surface area contributed by atoms with Crippen LogP contribution in [-0.4, -0.2) is 44.0 Å². The molecular formula is C33H31N3O4S. The molecule has 0 N–H and O–H groups in total. The average Bonchev–Trinajstić information content (AvgIpc) is 3.46. The van der Waals surface area contributed by atoms with E-state index in [1.54, 1.807) is 21.3 Å². The van der Waals surface area contributed by atoms with E-state index in [9.17, 15) is 10.1 Å². The summed E-state index contributed by atoms with van der Waals surface area (Å²) < 4.78 is 16.7. The third-order valence-corrected chi connectivity index (χ3v) is 8.53. The Morgan fingerprint density at radius 2 is 1.66 bits per heavy atom. The summed E-state index contributed by atoms with van der Waals surface area (Å²) in [4.78, 5) is 20.6. The summed E-state index contributed by atoms with van der Waals surface area (Å²) in [6.45, 7) is 2.64. The zero-order valence-corrected chi connectivity index (χ0v) is 24.3. The number of methoxy groups -OCH3 is 3. The van der Waals surface area contributed by atoms with Crippen molar-refractivity contribution in [1.29, 1.82) is 5.26 Å². The van der Waals surface area contributed by atoms with E-state index in [1.807, 2.05) is 78.6 Å². The van der Waals surface area contributed by atoms with Gasteiger partial charge in [-0.15, -0.1) is 0 Å². The number of amides is 1. The molecule has 1 aromatic heterocycles. The van der Waals surface area contributed by atoms with Crippen LogP contribution in [0.15, 0.2) is 77.8 Å². The van der Waals surface area contributed by atoms with E-state index in [4.69, 9.17) is 19.2 Å². The number of benzene rings is 3. The molecule has 5 rings (SSSR count). The van der Waals surface area contributed by atoms with Crippen molar-refractivity contribution in [3.8, 4) is 45.7 Å². The van der Waals surface area contributed by atoms with Crippen molar-refractivity contribution in [1.82, 2.24) is 4.98 Å². The largest absolute Gasteiger partial charge is 0.493 e. The van der Waals surface area contributed by atoms with Gasteiger partial charge in [-0.1, -0.05) is 67.2 Å². The van der Waals surface area contributed by atoms with Gasteiger partial charge in [0.25, 0.3) is 0 Å². The topological polar surface area (TPSA) is 84.7 Å². The van der Waals surface area contributed by atoms with Crippen molar-refractivity contribution in [2.24, 2.45) is 0 Å². The highest BCUT2D eigenvalue weighted by molar-refractivity contribution is 8.00. The summed E-state index contributed by atoms with van der Waals surface area (Å²) in [6, 6.07) is 25.8. The molecule has 0 spiro atoms. The van der Waals surface area contributed by atoms with Crippen molar-refractivity contribution in [3.63, 3.8) is 0 Å². The number of hydrogen-bond acceptors (Lipinski definition) is 7. The molecule has 4 aromatic rings. The fraction of sp³-hybridized carbons (Fsp3) is 0.242. The standard InChI is InChI=1S/C33H31N3O4S/c1-5-30(33(37)36-16-15-22-13-9-10-14-27(22)36)41-32-25(20-34)24(19-26(35-32)21-11-7-6-8-12-21)23-17-28(38-2)31(40-4)29(18-23)39-3/h6-14,17-19,30H,5,15-16H2,1-4H3. The van der Waals surface area contributed by atoms with Crippen LogP contribution in [0.25, 0.3) is 22.4 Å². The van der Waals surface area contributed by atoms with Crippen molar-refractivity contribution < 1.29 is 19.0 Å². The van der Waals surface area contributed by atoms with Gasteiger partial charge in [-0.05, 0) is 48.2 Å². The third-order valence-electron chi connectivity index (χ3n) is 7.20. The highest BCUT2D eigenvalue weighted by Crippen LogP contribution is 2.44. The Balaban J connectivity index is 1.63. The van der Waals surface area contributed by atoms with E-state index in [2.05, 4.69) is 12.1 Å². The molecular weight excluding hydrogens is 534 g/mol. The minimum Gasteiger partial charge on any atom is -0.493 e. The maximum Gasteiger partial charge on any atom is 0.240 e. The first kappa shape index (κ1) is 28.1. The second kappa shape index (κ2) is 12.4. The Labute approximate surface area is 244 Å². The van der Waals surface area contributed by atoms with E-state index >= 15 is 0 Å². The summed E-state index contributed by atoms with van der Waals surface area (Å²) in [6.07, 6.45) is 1.42. The fourth-order valence-corrected chi connectivity index (χ4v) is 6.21. The van der Waals surface area contributed by atoms with E-state index in [1.165, 1.54) is 17.3 Å². The Kier molecular flexibility index (Phi) is 8.46. The molecule has 1 amide bonds. The Morgan fingerprint density at radius 1 is 0.976 bits per heavy atom. The van der Waals surface area contributed by atoms with Crippen LogP contribution in [0.4, 0.5) is 5.69 Å². The molecule has 0 saturated carbocycles. The predicted molar refractivity (Wildman–Crippen MR) is 162 cm³/mol. The Bertz CT molecular complexity index is 1590. The number of thioether (sulfide) groups is 1. The molecule has 0 fully saturated rings. The first-order valence-electron chi connectivity index (χ1n) is 13.4. The summed E-state index contributed by atoms with van der Waals surface area (Å²) in [5.41, 5.74) is 5.50. The normalized spacial score (nSPS) is 12.8. The number of rotatable bonds is 9. The molecule has 1 unspecified atom stereocenters. The van der Waals surface area contributed by atoms with E-state index in [0.717, 1.165) is 17.7 Å². The van der Waals surface area contributed by atoms with Crippen molar-refractivity contribution >= 4 is 23.4 Å². The number of fused-ring (bicyclic) bond motifs is 1. The van der Waals surface area contributed by atoms with Gasteiger partial charge in [0.15, 0.2) is 11.5 Å². The zero-order valence-electron chi connectivity index (χ0n) is 23.5. The molecule has 1 aliphatic rings.